The first-order valence-electron chi connectivity index (χ1n) is 18.9. The summed E-state index contributed by atoms with van der Waals surface area (Å²) in [6, 6.07) is 72.4. The van der Waals surface area contributed by atoms with Crippen molar-refractivity contribution in [2.45, 2.75) is 0 Å². The lowest BCUT2D eigenvalue weighted by Crippen LogP contribution is -2.23. The van der Waals surface area contributed by atoms with Gasteiger partial charge in [0.15, 0.2) is 0 Å². The van der Waals surface area contributed by atoms with E-state index in [0.717, 1.165) is 90.3 Å². The van der Waals surface area contributed by atoms with E-state index in [1.807, 2.05) is 12.1 Å². The third kappa shape index (κ3) is 5.11. The molecule has 0 atom stereocenters. The highest BCUT2D eigenvalue weighted by Crippen LogP contribution is 2.54. The maximum Gasteiger partial charge on any atom is 0.145 e. The van der Waals surface area contributed by atoms with Gasteiger partial charge in [-0.05, 0) is 97.1 Å². The predicted molar refractivity (Wildman–Crippen MR) is 229 cm³/mol. The van der Waals surface area contributed by atoms with E-state index in [0.29, 0.717) is 0 Å². The third-order valence-corrected chi connectivity index (χ3v) is 10.6. The molecule has 3 heterocycles. The fourth-order valence-corrected chi connectivity index (χ4v) is 8.14. The molecule has 2 aromatic heterocycles. The lowest BCUT2D eigenvalue weighted by molar-refractivity contribution is 1.10. The summed E-state index contributed by atoms with van der Waals surface area (Å²) in [5, 5.41) is 0. The smallest absolute Gasteiger partial charge is 0.145 e. The first-order chi connectivity index (χ1) is 27.8. The summed E-state index contributed by atoms with van der Waals surface area (Å²) >= 11 is 0. The Bertz CT molecular complexity index is 2960. The Morgan fingerprint density at radius 2 is 0.607 bits per heavy atom. The molecular formula is C50H34N6. The van der Waals surface area contributed by atoms with Crippen molar-refractivity contribution in [3.05, 3.63) is 206 Å². The Balaban J connectivity index is 1.07. The third-order valence-electron chi connectivity index (χ3n) is 10.6. The van der Waals surface area contributed by atoms with Crippen molar-refractivity contribution in [1.82, 2.24) is 19.1 Å². The van der Waals surface area contributed by atoms with Gasteiger partial charge in [-0.3, -0.25) is 9.13 Å². The molecule has 0 saturated heterocycles. The second kappa shape index (κ2) is 13.0. The summed E-state index contributed by atoms with van der Waals surface area (Å²) in [5.74, 6) is 1.77. The largest absolute Gasteiger partial charge is 0.306 e. The van der Waals surface area contributed by atoms with E-state index >= 15 is 0 Å². The lowest BCUT2D eigenvalue weighted by atomic mass is 10.0. The van der Waals surface area contributed by atoms with E-state index in [2.05, 4.69) is 213 Å². The number of fused-ring (bicyclic) bond motifs is 4. The molecule has 264 valence electrons. The van der Waals surface area contributed by atoms with Crippen LogP contribution >= 0.6 is 0 Å². The van der Waals surface area contributed by atoms with Crippen LogP contribution in [0.4, 0.5) is 34.1 Å². The topological polar surface area (TPSA) is 42.1 Å². The van der Waals surface area contributed by atoms with Crippen molar-refractivity contribution in [2.24, 2.45) is 0 Å². The first kappa shape index (κ1) is 31.8. The van der Waals surface area contributed by atoms with Gasteiger partial charge >= 0.3 is 0 Å². The molecule has 0 unspecified atom stereocenters. The fourth-order valence-electron chi connectivity index (χ4n) is 8.14. The molecule has 0 radical (unpaired) electrons. The number of rotatable bonds is 6. The minimum atomic E-state index is 0.870. The molecule has 6 heteroatoms. The second-order valence-electron chi connectivity index (χ2n) is 13.9. The first-order valence-corrected chi connectivity index (χ1v) is 18.9. The molecule has 1 aliphatic rings. The molecule has 0 N–H and O–H groups in total. The number of aromatic nitrogens is 4. The van der Waals surface area contributed by atoms with E-state index in [1.165, 1.54) is 0 Å². The molecule has 56 heavy (non-hydrogen) atoms. The van der Waals surface area contributed by atoms with Gasteiger partial charge in [-0.2, -0.15) is 0 Å². The molecule has 1 aliphatic heterocycles. The molecule has 0 saturated carbocycles. The summed E-state index contributed by atoms with van der Waals surface area (Å²) < 4.78 is 4.50. The Hall–Kier alpha value is -7.70. The molecule has 0 fully saturated rings. The van der Waals surface area contributed by atoms with E-state index < -0.39 is 0 Å². The number of imidazole rings is 2. The summed E-state index contributed by atoms with van der Waals surface area (Å²) in [6.07, 6.45) is 0. The zero-order chi connectivity index (χ0) is 37.0. The van der Waals surface area contributed by atoms with E-state index in [9.17, 15) is 0 Å². The SMILES string of the molecule is c1ccc(-c2nc3cc4c(cc3n2-c2ccccc2)nc(-c2ccc(N3c5ccccc5N(c5ccccc5)c5ccccc53)cc2)n4-c2ccccc2)cc1. The van der Waals surface area contributed by atoms with Crippen LogP contribution in [0.25, 0.3) is 56.2 Å². The average Bonchev–Trinajstić information content (AvgIpc) is 3.84. The van der Waals surface area contributed by atoms with Crippen LogP contribution in [0.15, 0.2) is 206 Å². The molecule has 6 nitrogen and oxygen atoms in total. The maximum atomic E-state index is 5.39. The molecule has 0 amide bonds. The van der Waals surface area contributed by atoms with Crippen LogP contribution in [-0.2, 0) is 0 Å². The highest BCUT2D eigenvalue weighted by atomic mass is 15.3. The molecule has 0 aliphatic carbocycles. The van der Waals surface area contributed by atoms with Gasteiger partial charge in [-0.1, -0.05) is 109 Å². The van der Waals surface area contributed by atoms with Gasteiger partial charge in [-0.15, -0.1) is 0 Å². The Kier molecular flexibility index (Phi) is 7.38. The minimum absolute atomic E-state index is 0.870. The van der Waals surface area contributed by atoms with Crippen LogP contribution in [-0.4, -0.2) is 19.1 Å². The van der Waals surface area contributed by atoms with Crippen LogP contribution < -0.4 is 9.80 Å². The molecule has 0 bridgehead atoms. The van der Waals surface area contributed by atoms with Gasteiger partial charge in [-0.25, -0.2) is 9.97 Å². The summed E-state index contributed by atoms with van der Waals surface area (Å²) in [5.41, 5.74) is 14.7. The zero-order valence-electron chi connectivity index (χ0n) is 30.3. The van der Waals surface area contributed by atoms with E-state index in [4.69, 9.17) is 9.97 Å². The predicted octanol–water partition coefficient (Wildman–Crippen LogP) is 13.0. The van der Waals surface area contributed by atoms with Crippen molar-refractivity contribution in [1.29, 1.82) is 0 Å². The van der Waals surface area contributed by atoms with Crippen LogP contribution in [0, 0.1) is 0 Å². The van der Waals surface area contributed by atoms with Gasteiger partial charge in [0.2, 0.25) is 0 Å². The van der Waals surface area contributed by atoms with Crippen molar-refractivity contribution in [2.75, 3.05) is 9.80 Å². The van der Waals surface area contributed by atoms with Crippen molar-refractivity contribution in [3.63, 3.8) is 0 Å². The zero-order valence-corrected chi connectivity index (χ0v) is 30.3. The average molecular weight is 719 g/mol. The molecule has 10 aromatic rings. The van der Waals surface area contributed by atoms with Gasteiger partial charge < -0.3 is 9.80 Å². The Morgan fingerprint density at radius 3 is 1.02 bits per heavy atom. The van der Waals surface area contributed by atoms with Crippen LogP contribution in [0.1, 0.15) is 0 Å². The Morgan fingerprint density at radius 1 is 0.286 bits per heavy atom. The second-order valence-corrected chi connectivity index (χ2v) is 13.9. The number of hydrogen-bond acceptors (Lipinski definition) is 4. The van der Waals surface area contributed by atoms with Gasteiger partial charge in [0, 0.05) is 33.9 Å². The molecule has 0 spiro atoms. The van der Waals surface area contributed by atoms with Crippen molar-refractivity contribution in [3.8, 4) is 34.2 Å². The number of anilines is 6. The van der Waals surface area contributed by atoms with Gasteiger partial charge in [0.05, 0.1) is 44.8 Å². The van der Waals surface area contributed by atoms with E-state index in [-0.39, 0.29) is 0 Å². The number of nitrogens with zero attached hydrogens (tertiary/aromatic N) is 6. The lowest BCUT2D eigenvalue weighted by Gasteiger charge is -2.40. The monoisotopic (exact) mass is 718 g/mol. The molecule has 11 rings (SSSR count). The van der Waals surface area contributed by atoms with Gasteiger partial charge in [0.1, 0.15) is 11.6 Å². The Labute approximate surface area is 324 Å². The maximum absolute atomic E-state index is 5.39. The quantitative estimate of drug-likeness (QED) is 0.172. The highest BCUT2D eigenvalue weighted by molar-refractivity contribution is 6.02. The molecule has 8 aromatic carbocycles. The number of para-hydroxylation sites is 7. The van der Waals surface area contributed by atoms with Crippen LogP contribution in [0.5, 0.6) is 0 Å². The summed E-state index contributed by atoms with van der Waals surface area (Å²) in [4.78, 5) is 15.4. The highest BCUT2D eigenvalue weighted by Gasteiger charge is 2.30. The van der Waals surface area contributed by atoms with E-state index in [1.54, 1.807) is 0 Å². The number of hydrogen-bond donors (Lipinski definition) is 0. The van der Waals surface area contributed by atoms with Crippen LogP contribution in [0.2, 0.25) is 0 Å². The standard InChI is InChI=1S/C50H34N6/c1-5-17-35(18-6-1)49-51-41-33-48-42(34-47(41)55(49)38-21-9-3-10-22-38)52-50(56(48)39-23-11-4-12-24-39)36-29-31-40(32-30-36)54-45-27-15-13-25-43(45)53(37-19-7-2-8-20-37)44-26-14-16-28-46(44)54/h1-34H. The van der Waals surface area contributed by atoms with Crippen molar-refractivity contribution < 1.29 is 0 Å². The fraction of sp³-hybridized carbons (Fsp3) is 0. The minimum Gasteiger partial charge on any atom is -0.306 e. The summed E-state index contributed by atoms with van der Waals surface area (Å²) in [7, 11) is 0. The van der Waals surface area contributed by atoms with Crippen LogP contribution in [0.3, 0.4) is 0 Å². The number of benzene rings is 8. The van der Waals surface area contributed by atoms with Crippen molar-refractivity contribution >= 4 is 56.2 Å². The molecular weight excluding hydrogens is 685 g/mol. The normalized spacial score (nSPS) is 12.2. The van der Waals surface area contributed by atoms with Gasteiger partial charge in [0.25, 0.3) is 0 Å². The summed E-state index contributed by atoms with van der Waals surface area (Å²) in [6.45, 7) is 0.